The highest BCUT2D eigenvalue weighted by atomic mass is 79.9. The fourth-order valence-corrected chi connectivity index (χ4v) is 3.38. The Labute approximate surface area is 133 Å². The number of halogens is 1. The van der Waals surface area contributed by atoms with Crippen molar-refractivity contribution in [1.82, 2.24) is 8.94 Å². The number of carbonyl (C=O) groups excluding carboxylic acids is 1. The van der Waals surface area contributed by atoms with E-state index in [1.807, 2.05) is 10.8 Å². The molecule has 0 saturated heterocycles. The number of hydrogen-bond acceptors (Lipinski definition) is 4. The lowest BCUT2D eigenvalue weighted by Crippen LogP contribution is -2.17. The number of nitrogens with one attached hydrogen (secondary N) is 1. The van der Waals surface area contributed by atoms with Gasteiger partial charge in [-0.3, -0.25) is 4.79 Å². The Kier molecular flexibility index (Phi) is 3.58. The monoisotopic (exact) mass is 369 g/mol. The summed E-state index contributed by atoms with van der Waals surface area (Å²) in [5.74, 6) is -1.41. The number of amides is 1. The van der Waals surface area contributed by atoms with E-state index in [0.29, 0.717) is 17.4 Å². The lowest BCUT2D eigenvalue weighted by molar-refractivity contribution is 0.0697. The van der Waals surface area contributed by atoms with Crippen LogP contribution < -0.4 is 5.32 Å². The van der Waals surface area contributed by atoms with Gasteiger partial charge in [0.05, 0.1) is 5.69 Å². The van der Waals surface area contributed by atoms with Crippen molar-refractivity contribution in [3.8, 4) is 0 Å². The molecule has 0 bridgehead atoms. The molecule has 110 valence electrons. The second kappa shape index (κ2) is 5.27. The van der Waals surface area contributed by atoms with Crippen LogP contribution in [0.1, 0.15) is 45.4 Å². The molecule has 2 aromatic rings. The maximum atomic E-state index is 12.4. The summed E-state index contributed by atoms with van der Waals surface area (Å²) in [6.45, 7) is 1.61. The molecule has 1 aliphatic rings. The van der Waals surface area contributed by atoms with Gasteiger partial charge < -0.3 is 15.0 Å². The van der Waals surface area contributed by atoms with Crippen LogP contribution in [0, 0.1) is 6.92 Å². The van der Waals surface area contributed by atoms with Gasteiger partial charge in [-0.2, -0.15) is 4.37 Å². The van der Waals surface area contributed by atoms with E-state index >= 15 is 0 Å². The first-order valence-electron chi connectivity index (χ1n) is 6.35. The molecule has 1 aliphatic carbocycles. The van der Waals surface area contributed by atoms with Crippen molar-refractivity contribution in [1.29, 1.82) is 0 Å². The van der Waals surface area contributed by atoms with E-state index in [9.17, 15) is 14.7 Å². The van der Waals surface area contributed by atoms with Crippen LogP contribution in [0.4, 0.5) is 5.00 Å². The number of carbonyl (C=O) groups is 2. The van der Waals surface area contributed by atoms with Gasteiger partial charge in [-0.05, 0) is 53.3 Å². The van der Waals surface area contributed by atoms with Crippen molar-refractivity contribution in [3.63, 3.8) is 0 Å². The quantitative estimate of drug-likeness (QED) is 0.865. The summed E-state index contributed by atoms with van der Waals surface area (Å²) >= 11 is 4.35. The van der Waals surface area contributed by atoms with E-state index in [4.69, 9.17) is 0 Å². The van der Waals surface area contributed by atoms with Crippen molar-refractivity contribution in [2.24, 2.45) is 0 Å². The Morgan fingerprint density at radius 2 is 2.24 bits per heavy atom. The van der Waals surface area contributed by atoms with Crippen molar-refractivity contribution in [3.05, 3.63) is 33.7 Å². The predicted octanol–water partition coefficient (Wildman–Crippen LogP) is 3.30. The highest BCUT2D eigenvalue weighted by molar-refractivity contribution is 9.10. The molecule has 3 rings (SSSR count). The van der Waals surface area contributed by atoms with Gasteiger partial charge in [0.25, 0.3) is 5.91 Å². The molecule has 0 unspecified atom stereocenters. The average Bonchev–Trinajstić information content (AvgIpc) is 3.09. The Balaban J connectivity index is 1.89. The van der Waals surface area contributed by atoms with E-state index < -0.39 is 5.97 Å². The van der Waals surface area contributed by atoms with Crippen LogP contribution in [0.15, 0.2) is 16.7 Å². The second-order valence-electron chi connectivity index (χ2n) is 4.91. The van der Waals surface area contributed by atoms with Gasteiger partial charge in [-0.1, -0.05) is 0 Å². The molecule has 6 nitrogen and oxygen atoms in total. The van der Waals surface area contributed by atoms with Gasteiger partial charge in [0.15, 0.2) is 0 Å². The topological polar surface area (TPSA) is 84.2 Å². The number of carboxylic acids is 1. The number of hydrogen-bond donors (Lipinski definition) is 2. The Bertz CT molecular complexity index is 733. The number of aromatic nitrogens is 2. The summed E-state index contributed by atoms with van der Waals surface area (Å²) in [6, 6.07) is 2.10. The van der Waals surface area contributed by atoms with Gasteiger partial charge in [0, 0.05) is 16.7 Å². The Hall–Kier alpha value is -1.67. The SMILES string of the molecule is Cc1nsc(NC(=O)c2cc(Br)cn2C2CC2)c1C(=O)O. The molecule has 1 saturated carbocycles. The first kappa shape index (κ1) is 14.3. The zero-order valence-electron chi connectivity index (χ0n) is 11.1. The van der Waals surface area contributed by atoms with E-state index in [1.165, 1.54) is 0 Å². The van der Waals surface area contributed by atoms with Crippen LogP contribution in [0.25, 0.3) is 0 Å². The van der Waals surface area contributed by atoms with Gasteiger partial charge in [0.1, 0.15) is 16.3 Å². The molecule has 1 amide bonds. The van der Waals surface area contributed by atoms with Crippen LogP contribution in [0.5, 0.6) is 0 Å². The number of carboxylic acid groups (broad SMARTS) is 1. The molecule has 0 radical (unpaired) electrons. The zero-order chi connectivity index (χ0) is 15.1. The van der Waals surface area contributed by atoms with Crippen LogP contribution >= 0.6 is 27.5 Å². The molecule has 2 N–H and O–H groups in total. The molecule has 1 fully saturated rings. The van der Waals surface area contributed by atoms with Gasteiger partial charge in [-0.15, -0.1) is 0 Å². The third kappa shape index (κ3) is 2.73. The largest absolute Gasteiger partial charge is 0.478 e. The summed E-state index contributed by atoms with van der Waals surface area (Å²) in [7, 11) is 0. The summed E-state index contributed by atoms with van der Waals surface area (Å²) in [4.78, 5) is 23.6. The first-order chi connectivity index (χ1) is 9.97. The van der Waals surface area contributed by atoms with Crippen LogP contribution in [0.3, 0.4) is 0 Å². The molecule has 8 heteroatoms. The number of aryl methyl sites for hydroxylation is 1. The van der Waals surface area contributed by atoms with Gasteiger partial charge >= 0.3 is 5.97 Å². The van der Waals surface area contributed by atoms with E-state index in [0.717, 1.165) is 28.8 Å². The zero-order valence-corrected chi connectivity index (χ0v) is 13.5. The summed E-state index contributed by atoms with van der Waals surface area (Å²) < 4.78 is 6.75. The number of nitrogens with zero attached hydrogens (tertiary/aromatic N) is 2. The maximum Gasteiger partial charge on any atom is 0.340 e. The third-order valence-electron chi connectivity index (χ3n) is 3.29. The fraction of sp³-hybridized carbons (Fsp3) is 0.308. The molecule has 0 aliphatic heterocycles. The van der Waals surface area contributed by atoms with E-state index in [2.05, 4.69) is 25.6 Å². The minimum absolute atomic E-state index is 0.0527. The van der Waals surface area contributed by atoms with Crippen molar-refractivity contribution in [2.45, 2.75) is 25.8 Å². The minimum Gasteiger partial charge on any atom is -0.478 e. The molecule has 0 spiro atoms. The fourth-order valence-electron chi connectivity index (χ4n) is 2.16. The predicted molar refractivity (Wildman–Crippen MR) is 82.2 cm³/mol. The van der Waals surface area contributed by atoms with E-state index in [1.54, 1.807) is 13.0 Å². The molecule has 0 aromatic carbocycles. The number of anilines is 1. The van der Waals surface area contributed by atoms with E-state index in [-0.39, 0.29) is 16.5 Å². The standard InChI is InChI=1S/C13H12BrN3O3S/c1-6-10(13(19)20)12(21-16-6)15-11(18)9-4-7(14)5-17(9)8-2-3-8/h4-5,8H,2-3H2,1H3,(H,15,18)(H,19,20). The van der Waals surface area contributed by atoms with Crippen LogP contribution in [-0.2, 0) is 0 Å². The summed E-state index contributed by atoms with van der Waals surface area (Å²) in [6.07, 6.45) is 3.99. The lowest BCUT2D eigenvalue weighted by Gasteiger charge is -2.07. The molecular weight excluding hydrogens is 358 g/mol. The first-order valence-corrected chi connectivity index (χ1v) is 7.92. The molecule has 2 aromatic heterocycles. The smallest absolute Gasteiger partial charge is 0.340 e. The third-order valence-corrected chi connectivity index (χ3v) is 4.58. The Morgan fingerprint density at radius 3 is 2.86 bits per heavy atom. The van der Waals surface area contributed by atoms with Gasteiger partial charge in [-0.25, -0.2) is 4.79 Å². The van der Waals surface area contributed by atoms with Crippen molar-refractivity contribution < 1.29 is 14.7 Å². The molecular formula is C13H12BrN3O3S. The van der Waals surface area contributed by atoms with Crippen molar-refractivity contribution >= 4 is 44.3 Å². The minimum atomic E-state index is -1.09. The summed E-state index contributed by atoms with van der Waals surface area (Å²) in [5.41, 5.74) is 0.977. The van der Waals surface area contributed by atoms with Crippen LogP contribution in [-0.4, -0.2) is 25.9 Å². The maximum absolute atomic E-state index is 12.4. The second-order valence-corrected chi connectivity index (χ2v) is 6.60. The molecule has 0 atom stereocenters. The van der Waals surface area contributed by atoms with Gasteiger partial charge in [0.2, 0.25) is 0 Å². The van der Waals surface area contributed by atoms with Crippen LogP contribution in [0.2, 0.25) is 0 Å². The lowest BCUT2D eigenvalue weighted by atomic mass is 10.2. The normalized spacial score (nSPS) is 14.2. The highest BCUT2D eigenvalue weighted by Gasteiger charge is 2.28. The average molecular weight is 370 g/mol. The molecule has 21 heavy (non-hydrogen) atoms. The van der Waals surface area contributed by atoms with Crippen molar-refractivity contribution in [2.75, 3.05) is 5.32 Å². The summed E-state index contributed by atoms with van der Waals surface area (Å²) in [5, 5.41) is 12.1. The Morgan fingerprint density at radius 1 is 1.52 bits per heavy atom. The highest BCUT2D eigenvalue weighted by Crippen LogP contribution is 2.37. The number of aromatic carboxylic acids is 1. The molecule has 2 heterocycles. The number of rotatable bonds is 4.